The van der Waals surface area contributed by atoms with Gasteiger partial charge in [0.05, 0.1) is 10.5 Å². The van der Waals surface area contributed by atoms with E-state index >= 15 is 0 Å². The van der Waals surface area contributed by atoms with Crippen LogP contribution in [0.25, 0.3) is 0 Å². The van der Waals surface area contributed by atoms with Gasteiger partial charge < -0.3 is 10.4 Å². The van der Waals surface area contributed by atoms with Crippen LogP contribution >= 0.6 is 0 Å². The van der Waals surface area contributed by atoms with E-state index in [0.29, 0.717) is 5.69 Å². The van der Waals surface area contributed by atoms with Crippen molar-refractivity contribution in [2.45, 2.75) is 4.90 Å². The van der Waals surface area contributed by atoms with E-state index in [2.05, 4.69) is 5.32 Å². The van der Waals surface area contributed by atoms with Crippen LogP contribution in [0.2, 0.25) is 0 Å². The number of rotatable bonds is 3. The number of phenols is 1. The van der Waals surface area contributed by atoms with Gasteiger partial charge in [0.1, 0.15) is 11.6 Å². The van der Waals surface area contributed by atoms with E-state index in [1.54, 1.807) is 0 Å². The Hall–Kier alpha value is -2.41. The number of carbonyl (C=O) groups is 1. The molecule has 0 heterocycles. The Morgan fingerprint density at radius 1 is 1.14 bits per heavy atom. The maximum atomic E-state index is 12.8. The van der Waals surface area contributed by atoms with Crippen LogP contribution in [0.4, 0.5) is 10.1 Å². The van der Waals surface area contributed by atoms with E-state index in [1.165, 1.54) is 24.3 Å². The first kappa shape index (κ1) is 15.0. The fourth-order valence-electron chi connectivity index (χ4n) is 1.68. The van der Waals surface area contributed by atoms with Crippen LogP contribution in [0.1, 0.15) is 10.4 Å². The molecule has 0 aromatic heterocycles. The minimum absolute atomic E-state index is 0.0800. The van der Waals surface area contributed by atoms with Crippen molar-refractivity contribution in [3.63, 3.8) is 0 Å². The molecule has 0 aliphatic heterocycles. The summed E-state index contributed by atoms with van der Waals surface area (Å²) >= 11 is 0. The zero-order valence-corrected chi connectivity index (χ0v) is 11.8. The van der Waals surface area contributed by atoms with Crippen LogP contribution in [0.5, 0.6) is 5.75 Å². The molecule has 2 rings (SSSR count). The standard InChI is InChI=1S/C14H12FNO4S/c1-21(19,20)11-5-3-10(4-6-11)16-14(18)12-7-2-9(15)8-13(12)17/h2-8,17H,1H3,(H,16,18). The predicted molar refractivity (Wildman–Crippen MR) is 75.6 cm³/mol. The molecule has 1 amide bonds. The Labute approximate surface area is 121 Å². The van der Waals surface area contributed by atoms with Crippen molar-refractivity contribution in [3.05, 3.63) is 53.8 Å². The normalized spacial score (nSPS) is 11.1. The number of phenolic OH excluding ortho intramolecular Hbond substituents is 1. The number of amides is 1. The number of benzene rings is 2. The minimum atomic E-state index is -3.31. The summed E-state index contributed by atoms with van der Waals surface area (Å²) in [5.74, 6) is -1.75. The molecular formula is C14H12FNO4S. The molecule has 0 aliphatic rings. The zero-order chi connectivity index (χ0) is 15.6. The average molecular weight is 309 g/mol. The number of carbonyl (C=O) groups excluding carboxylic acids is 1. The van der Waals surface area contributed by atoms with Gasteiger partial charge in [0.15, 0.2) is 9.84 Å². The molecular weight excluding hydrogens is 297 g/mol. The smallest absolute Gasteiger partial charge is 0.259 e. The third-order valence-electron chi connectivity index (χ3n) is 2.74. The van der Waals surface area contributed by atoms with Crippen molar-refractivity contribution in [1.29, 1.82) is 0 Å². The monoisotopic (exact) mass is 309 g/mol. The number of hydrogen-bond acceptors (Lipinski definition) is 4. The number of anilines is 1. The second kappa shape index (κ2) is 5.53. The minimum Gasteiger partial charge on any atom is -0.507 e. The number of aromatic hydroxyl groups is 1. The molecule has 2 aromatic rings. The lowest BCUT2D eigenvalue weighted by atomic mass is 10.2. The van der Waals surface area contributed by atoms with E-state index in [9.17, 15) is 22.7 Å². The average Bonchev–Trinajstić information content (AvgIpc) is 2.38. The molecule has 21 heavy (non-hydrogen) atoms. The zero-order valence-electron chi connectivity index (χ0n) is 11.0. The number of nitrogens with one attached hydrogen (secondary N) is 1. The summed E-state index contributed by atoms with van der Waals surface area (Å²) in [6.07, 6.45) is 1.08. The Morgan fingerprint density at radius 2 is 1.76 bits per heavy atom. The van der Waals surface area contributed by atoms with Gasteiger partial charge in [0.2, 0.25) is 0 Å². The van der Waals surface area contributed by atoms with Crippen LogP contribution in [0.15, 0.2) is 47.4 Å². The molecule has 0 saturated carbocycles. The highest BCUT2D eigenvalue weighted by molar-refractivity contribution is 7.90. The molecule has 0 bridgehead atoms. The summed E-state index contributed by atoms with van der Waals surface area (Å²) in [4.78, 5) is 12.0. The lowest BCUT2D eigenvalue weighted by Crippen LogP contribution is -2.12. The van der Waals surface area contributed by atoms with Gasteiger partial charge >= 0.3 is 0 Å². The van der Waals surface area contributed by atoms with Crippen molar-refractivity contribution < 1.29 is 22.7 Å². The Bertz CT molecular complexity index is 785. The largest absolute Gasteiger partial charge is 0.507 e. The summed E-state index contributed by atoms with van der Waals surface area (Å²) in [5.41, 5.74) is 0.278. The predicted octanol–water partition coefficient (Wildman–Crippen LogP) is 2.19. The first-order valence-electron chi connectivity index (χ1n) is 5.87. The second-order valence-electron chi connectivity index (χ2n) is 4.41. The van der Waals surface area contributed by atoms with E-state index in [0.717, 1.165) is 24.5 Å². The molecule has 0 radical (unpaired) electrons. The third-order valence-corrected chi connectivity index (χ3v) is 3.87. The molecule has 2 N–H and O–H groups in total. The van der Waals surface area contributed by atoms with Crippen molar-refractivity contribution in [3.8, 4) is 5.75 Å². The van der Waals surface area contributed by atoms with Gasteiger partial charge in [0.25, 0.3) is 5.91 Å². The molecule has 0 atom stereocenters. The van der Waals surface area contributed by atoms with Gasteiger partial charge in [-0.25, -0.2) is 12.8 Å². The fraction of sp³-hybridized carbons (Fsp3) is 0.0714. The second-order valence-corrected chi connectivity index (χ2v) is 6.43. The highest BCUT2D eigenvalue weighted by atomic mass is 32.2. The van der Waals surface area contributed by atoms with Crippen molar-refractivity contribution >= 4 is 21.4 Å². The molecule has 2 aromatic carbocycles. The quantitative estimate of drug-likeness (QED) is 0.910. The van der Waals surface area contributed by atoms with Crippen molar-refractivity contribution in [2.24, 2.45) is 0 Å². The molecule has 0 spiro atoms. The molecule has 0 saturated heterocycles. The number of hydrogen-bond donors (Lipinski definition) is 2. The summed E-state index contributed by atoms with van der Waals surface area (Å²) in [6.45, 7) is 0. The summed E-state index contributed by atoms with van der Waals surface area (Å²) in [7, 11) is -3.31. The maximum absolute atomic E-state index is 12.8. The van der Waals surface area contributed by atoms with Gasteiger partial charge in [-0.1, -0.05) is 0 Å². The highest BCUT2D eigenvalue weighted by Gasteiger charge is 2.13. The van der Waals surface area contributed by atoms with E-state index in [1.807, 2.05) is 0 Å². The van der Waals surface area contributed by atoms with E-state index in [4.69, 9.17) is 0 Å². The Balaban J connectivity index is 2.20. The molecule has 5 nitrogen and oxygen atoms in total. The fourth-order valence-corrected chi connectivity index (χ4v) is 2.31. The Morgan fingerprint density at radius 3 is 2.29 bits per heavy atom. The molecule has 0 fully saturated rings. The SMILES string of the molecule is CS(=O)(=O)c1ccc(NC(=O)c2ccc(F)cc2O)cc1. The van der Waals surface area contributed by atoms with Gasteiger partial charge in [0, 0.05) is 18.0 Å². The topological polar surface area (TPSA) is 83.5 Å². The maximum Gasteiger partial charge on any atom is 0.259 e. The van der Waals surface area contributed by atoms with Gasteiger partial charge in [-0.15, -0.1) is 0 Å². The highest BCUT2D eigenvalue weighted by Crippen LogP contribution is 2.20. The van der Waals surface area contributed by atoms with Crippen LogP contribution in [0, 0.1) is 5.82 Å². The lowest BCUT2D eigenvalue weighted by Gasteiger charge is -2.07. The van der Waals surface area contributed by atoms with Gasteiger partial charge in [-0.05, 0) is 36.4 Å². The molecule has 110 valence electrons. The number of sulfone groups is 1. The molecule has 0 aliphatic carbocycles. The summed E-state index contributed by atoms with van der Waals surface area (Å²) in [5, 5.41) is 12.0. The number of halogens is 1. The van der Waals surface area contributed by atoms with Gasteiger partial charge in [-0.2, -0.15) is 0 Å². The first-order chi connectivity index (χ1) is 9.77. The molecule has 0 unspecified atom stereocenters. The van der Waals surface area contributed by atoms with Crippen LogP contribution in [-0.4, -0.2) is 25.7 Å². The van der Waals surface area contributed by atoms with Crippen LogP contribution < -0.4 is 5.32 Å². The van der Waals surface area contributed by atoms with Crippen molar-refractivity contribution in [1.82, 2.24) is 0 Å². The van der Waals surface area contributed by atoms with Crippen LogP contribution in [-0.2, 0) is 9.84 Å². The third kappa shape index (κ3) is 3.57. The first-order valence-corrected chi connectivity index (χ1v) is 7.76. The van der Waals surface area contributed by atoms with Gasteiger partial charge in [-0.3, -0.25) is 4.79 Å². The summed E-state index contributed by atoms with van der Waals surface area (Å²) in [6, 6.07) is 8.61. The lowest BCUT2D eigenvalue weighted by molar-refractivity contribution is 0.102. The van der Waals surface area contributed by atoms with Crippen molar-refractivity contribution in [2.75, 3.05) is 11.6 Å². The van der Waals surface area contributed by atoms with Crippen LogP contribution in [0.3, 0.4) is 0 Å². The Kier molecular flexibility index (Phi) is 3.95. The van der Waals surface area contributed by atoms with E-state index in [-0.39, 0.29) is 10.5 Å². The summed E-state index contributed by atoms with van der Waals surface area (Å²) < 4.78 is 35.5. The molecule has 7 heteroatoms. The van der Waals surface area contributed by atoms with E-state index < -0.39 is 27.3 Å².